The molecule has 1 N–H and O–H groups in total. The minimum atomic E-state index is -4.57. The van der Waals surface area contributed by atoms with Gasteiger partial charge in [-0.05, 0) is 37.1 Å². The van der Waals surface area contributed by atoms with Crippen molar-refractivity contribution >= 4 is 21.6 Å². The van der Waals surface area contributed by atoms with Crippen molar-refractivity contribution in [2.45, 2.75) is 32.5 Å². The van der Waals surface area contributed by atoms with Crippen LogP contribution in [-0.2, 0) is 27.5 Å². The molecule has 0 aromatic heterocycles. The third kappa shape index (κ3) is 7.08. The summed E-state index contributed by atoms with van der Waals surface area (Å²) in [5.41, 5.74) is 1.00. The molecule has 2 aromatic carbocycles. The lowest BCUT2D eigenvalue weighted by Gasteiger charge is -2.23. The van der Waals surface area contributed by atoms with Crippen molar-refractivity contribution in [3.05, 3.63) is 65.2 Å². The highest BCUT2D eigenvalue weighted by atomic mass is 32.2. The molecule has 0 aliphatic rings. The Kier molecular flexibility index (Phi) is 7.29. The Morgan fingerprint density at radius 3 is 2.41 bits per heavy atom. The van der Waals surface area contributed by atoms with Crippen molar-refractivity contribution in [3.63, 3.8) is 0 Å². The number of carbonyl (C=O) groups is 1. The second kappa shape index (κ2) is 9.30. The molecule has 158 valence electrons. The summed E-state index contributed by atoms with van der Waals surface area (Å²) in [6.45, 7) is 2.20. The molecule has 0 unspecified atom stereocenters. The van der Waals surface area contributed by atoms with E-state index in [1.165, 1.54) is 6.07 Å². The minimum absolute atomic E-state index is 0.0524. The van der Waals surface area contributed by atoms with Gasteiger partial charge >= 0.3 is 6.18 Å². The number of anilines is 1. The Morgan fingerprint density at radius 1 is 1.10 bits per heavy atom. The number of carbonyl (C=O) groups excluding carboxylic acids is 1. The molecule has 0 heterocycles. The summed E-state index contributed by atoms with van der Waals surface area (Å²) in [7, 11) is -3.80. The van der Waals surface area contributed by atoms with Crippen LogP contribution in [0.5, 0.6) is 0 Å². The summed E-state index contributed by atoms with van der Waals surface area (Å²) in [6, 6.07) is 11.8. The molecule has 1 amide bonds. The van der Waals surface area contributed by atoms with Crippen LogP contribution < -0.4 is 9.62 Å². The third-order valence-corrected chi connectivity index (χ3v) is 5.39. The van der Waals surface area contributed by atoms with E-state index in [0.29, 0.717) is 6.54 Å². The second-order valence-corrected chi connectivity index (χ2v) is 8.66. The molecule has 0 spiro atoms. The second-order valence-electron chi connectivity index (χ2n) is 6.75. The predicted molar refractivity (Wildman–Crippen MR) is 106 cm³/mol. The predicted octanol–water partition coefficient (Wildman–Crippen LogP) is 3.88. The summed E-state index contributed by atoms with van der Waals surface area (Å²) in [5, 5.41) is 2.75. The van der Waals surface area contributed by atoms with Gasteiger partial charge in [-0.15, -0.1) is 0 Å². The fraction of sp³-hybridized carbons (Fsp3) is 0.350. The van der Waals surface area contributed by atoms with Gasteiger partial charge in [-0.25, -0.2) is 8.42 Å². The van der Waals surface area contributed by atoms with Crippen molar-refractivity contribution in [2.24, 2.45) is 0 Å². The molecule has 0 fully saturated rings. The topological polar surface area (TPSA) is 66.5 Å². The molecular weight excluding hydrogens is 405 g/mol. The number of nitrogens with one attached hydrogen (secondary N) is 1. The van der Waals surface area contributed by atoms with Crippen LogP contribution in [0.25, 0.3) is 0 Å². The molecule has 29 heavy (non-hydrogen) atoms. The molecule has 0 bridgehead atoms. The van der Waals surface area contributed by atoms with E-state index in [9.17, 15) is 26.4 Å². The van der Waals surface area contributed by atoms with E-state index in [0.717, 1.165) is 39.9 Å². The van der Waals surface area contributed by atoms with Gasteiger partial charge in [0.25, 0.3) is 0 Å². The maximum atomic E-state index is 12.9. The van der Waals surface area contributed by atoms with Gasteiger partial charge in [0.15, 0.2) is 0 Å². The maximum absolute atomic E-state index is 12.9. The highest BCUT2D eigenvalue weighted by molar-refractivity contribution is 7.92. The van der Waals surface area contributed by atoms with Gasteiger partial charge in [-0.1, -0.05) is 35.9 Å². The number of aryl methyl sites for hydroxylation is 1. The Hall–Kier alpha value is -2.55. The van der Waals surface area contributed by atoms with Crippen LogP contribution in [0.3, 0.4) is 0 Å². The minimum Gasteiger partial charge on any atom is -0.352 e. The number of rotatable bonds is 8. The number of alkyl halides is 3. The van der Waals surface area contributed by atoms with E-state index in [1.54, 1.807) is 0 Å². The number of halogens is 3. The van der Waals surface area contributed by atoms with Crippen LogP contribution in [-0.4, -0.2) is 27.1 Å². The van der Waals surface area contributed by atoms with E-state index < -0.39 is 21.8 Å². The van der Waals surface area contributed by atoms with Gasteiger partial charge in [0.1, 0.15) is 0 Å². The van der Waals surface area contributed by atoms with E-state index in [4.69, 9.17) is 0 Å². The summed E-state index contributed by atoms with van der Waals surface area (Å²) in [4.78, 5) is 12.0. The molecule has 0 radical (unpaired) electrons. The van der Waals surface area contributed by atoms with Gasteiger partial charge in [-0.3, -0.25) is 9.10 Å². The van der Waals surface area contributed by atoms with Gasteiger partial charge in [-0.2, -0.15) is 13.2 Å². The molecule has 0 aliphatic carbocycles. The Bertz CT molecular complexity index is 959. The van der Waals surface area contributed by atoms with E-state index >= 15 is 0 Å². The lowest BCUT2D eigenvalue weighted by atomic mass is 10.1. The zero-order valence-electron chi connectivity index (χ0n) is 16.2. The number of hydrogen-bond acceptors (Lipinski definition) is 3. The van der Waals surface area contributed by atoms with Crippen molar-refractivity contribution in [2.75, 3.05) is 17.1 Å². The van der Waals surface area contributed by atoms with Gasteiger partial charge in [0.2, 0.25) is 15.9 Å². The average Bonchev–Trinajstić information content (AvgIpc) is 2.62. The van der Waals surface area contributed by atoms with Crippen LogP contribution in [0.4, 0.5) is 18.9 Å². The van der Waals surface area contributed by atoms with Crippen LogP contribution in [0.15, 0.2) is 48.5 Å². The van der Waals surface area contributed by atoms with Crippen molar-refractivity contribution < 1.29 is 26.4 Å². The molecule has 0 saturated heterocycles. The summed E-state index contributed by atoms with van der Waals surface area (Å²) >= 11 is 0. The van der Waals surface area contributed by atoms with Crippen molar-refractivity contribution in [3.8, 4) is 0 Å². The Balaban J connectivity index is 1.97. The SMILES string of the molecule is Cc1cccc(CNC(=O)CCCN(c2cccc(C(F)(F)F)c2)S(C)(=O)=O)c1. The van der Waals surface area contributed by atoms with Crippen molar-refractivity contribution in [1.82, 2.24) is 5.32 Å². The first-order valence-electron chi connectivity index (χ1n) is 8.94. The molecular formula is C20H23F3N2O3S. The van der Waals surface area contributed by atoms with E-state index in [2.05, 4.69) is 5.32 Å². The molecule has 0 saturated carbocycles. The van der Waals surface area contributed by atoms with Gasteiger partial charge in [0.05, 0.1) is 17.5 Å². The highest BCUT2D eigenvalue weighted by Gasteiger charge is 2.31. The Labute approximate surface area is 168 Å². The highest BCUT2D eigenvalue weighted by Crippen LogP contribution is 2.32. The lowest BCUT2D eigenvalue weighted by molar-refractivity contribution is -0.137. The largest absolute Gasteiger partial charge is 0.416 e. The molecule has 9 heteroatoms. The molecule has 2 aromatic rings. The quantitative estimate of drug-likeness (QED) is 0.694. The van der Waals surface area contributed by atoms with Gasteiger partial charge < -0.3 is 5.32 Å². The first-order valence-corrected chi connectivity index (χ1v) is 10.8. The maximum Gasteiger partial charge on any atom is 0.416 e. The monoisotopic (exact) mass is 428 g/mol. The fourth-order valence-corrected chi connectivity index (χ4v) is 3.78. The third-order valence-electron chi connectivity index (χ3n) is 4.20. The van der Waals surface area contributed by atoms with Crippen LogP contribution in [0, 0.1) is 6.92 Å². The normalized spacial score (nSPS) is 11.9. The number of nitrogens with zero attached hydrogens (tertiary/aromatic N) is 1. The average molecular weight is 428 g/mol. The smallest absolute Gasteiger partial charge is 0.352 e. The standard InChI is InChI=1S/C20H23F3N2O3S/c1-15-6-3-7-16(12-15)14-24-19(26)10-5-11-25(29(2,27)28)18-9-4-8-17(13-18)20(21,22)23/h3-4,6-9,12-13H,5,10-11,14H2,1-2H3,(H,24,26). The number of benzene rings is 2. The molecule has 5 nitrogen and oxygen atoms in total. The molecule has 0 atom stereocenters. The first kappa shape index (κ1) is 22.7. The van der Waals surface area contributed by atoms with Crippen LogP contribution >= 0.6 is 0 Å². The number of amides is 1. The Morgan fingerprint density at radius 2 is 1.79 bits per heavy atom. The van der Waals surface area contributed by atoms with E-state index in [1.807, 2.05) is 31.2 Å². The zero-order valence-corrected chi connectivity index (χ0v) is 17.0. The zero-order chi connectivity index (χ0) is 21.7. The fourth-order valence-electron chi connectivity index (χ4n) is 2.82. The molecule has 0 aliphatic heterocycles. The summed E-state index contributed by atoms with van der Waals surface area (Å²) in [5.74, 6) is -0.260. The molecule has 2 rings (SSSR count). The lowest BCUT2D eigenvalue weighted by Crippen LogP contribution is -2.32. The van der Waals surface area contributed by atoms with E-state index in [-0.39, 0.29) is 31.0 Å². The number of sulfonamides is 1. The summed E-state index contributed by atoms with van der Waals surface area (Å²) in [6.07, 6.45) is -3.43. The summed E-state index contributed by atoms with van der Waals surface area (Å²) < 4.78 is 63.7. The number of hydrogen-bond donors (Lipinski definition) is 1. The van der Waals surface area contributed by atoms with Crippen molar-refractivity contribution in [1.29, 1.82) is 0 Å². The van der Waals surface area contributed by atoms with Crippen LogP contribution in [0.1, 0.15) is 29.5 Å². The van der Waals surface area contributed by atoms with Crippen LogP contribution in [0.2, 0.25) is 0 Å². The van der Waals surface area contributed by atoms with Gasteiger partial charge in [0, 0.05) is 19.5 Å². The first-order chi connectivity index (χ1) is 13.5.